The van der Waals surface area contributed by atoms with Crippen molar-refractivity contribution in [2.75, 3.05) is 13.2 Å². The van der Waals surface area contributed by atoms with Gasteiger partial charge in [0.2, 0.25) is 0 Å². The van der Waals surface area contributed by atoms with Crippen LogP contribution in [0, 0.1) is 50.2 Å². The molecule has 15 nitrogen and oxygen atoms in total. The molecule has 0 spiro atoms. The monoisotopic (exact) mass is 794 g/mol. The van der Waals surface area contributed by atoms with Gasteiger partial charge in [-0.2, -0.15) is 0 Å². The van der Waals surface area contributed by atoms with Gasteiger partial charge in [-0.05, 0) is 92.3 Å². The number of fused-ring (bicyclic) bond motifs is 7. The third-order valence-electron chi connectivity index (χ3n) is 17.1. The van der Waals surface area contributed by atoms with E-state index in [9.17, 15) is 55.2 Å². The molecule has 7 rings (SSSR count). The van der Waals surface area contributed by atoms with Gasteiger partial charge in [0.15, 0.2) is 18.7 Å². The van der Waals surface area contributed by atoms with Crippen LogP contribution in [0.1, 0.15) is 99.3 Å². The van der Waals surface area contributed by atoms with E-state index in [1.54, 1.807) is 6.92 Å². The van der Waals surface area contributed by atoms with Gasteiger partial charge in [-0.15, -0.1) is 0 Å². The minimum atomic E-state index is -1.95. The normalized spacial score (nSPS) is 54.5. The van der Waals surface area contributed by atoms with Crippen molar-refractivity contribution in [3.8, 4) is 0 Å². The molecule has 7 aliphatic rings. The van der Waals surface area contributed by atoms with E-state index in [4.69, 9.17) is 18.9 Å². The number of ketones is 1. The predicted molar refractivity (Wildman–Crippen MR) is 194 cm³/mol. The third kappa shape index (κ3) is 5.92. The molecule has 6 fully saturated rings. The molecule has 0 aromatic carbocycles. The van der Waals surface area contributed by atoms with Crippen molar-refractivity contribution in [1.82, 2.24) is 0 Å². The lowest BCUT2D eigenvalue weighted by Gasteiger charge is -2.71. The number of carbonyl (C=O) groups excluding carboxylic acids is 1. The number of aliphatic hydroxyl groups excluding tert-OH is 6. The maximum atomic E-state index is 13.7. The number of aliphatic hydroxyl groups is 6. The van der Waals surface area contributed by atoms with Crippen LogP contribution < -0.4 is 0 Å². The van der Waals surface area contributed by atoms with Crippen LogP contribution in [0.4, 0.5) is 0 Å². The van der Waals surface area contributed by atoms with E-state index in [-0.39, 0.29) is 52.8 Å². The molecule has 0 radical (unpaired) electrons. The zero-order valence-electron chi connectivity index (χ0n) is 33.3. The topological polar surface area (TPSA) is 250 Å². The van der Waals surface area contributed by atoms with Gasteiger partial charge >= 0.3 is 11.9 Å². The van der Waals surface area contributed by atoms with E-state index in [0.29, 0.717) is 25.7 Å². The predicted octanol–water partition coefficient (Wildman–Crippen LogP) is 1.76. The Hall–Kier alpha value is -2.05. The Balaban J connectivity index is 1.18. The second-order valence-electron chi connectivity index (χ2n) is 19.9. The first-order valence-electron chi connectivity index (χ1n) is 20.3. The summed E-state index contributed by atoms with van der Waals surface area (Å²) in [5, 5.41) is 84.1. The Labute approximate surface area is 327 Å². The molecule has 0 amide bonds. The molecule has 0 bridgehead atoms. The summed E-state index contributed by atoms with van der Waals surface area (Å²) in [6.07, 6.45) is -8.36. The summed E-state index contributed by atoms with van der Waals surface area (Å²) in [4.78, 5) is 38.4. The van der Waals surface area contributed by atoms with Crippen LogP contribution in [0.2, 0.25) is 0 Å². The second kappa shape index (κ2) is 14.0. The van der Waals surface area contributed by atoms with Crippen LogP contribution in [-0.4, -0.2) is 133 Å². The van der Waals surface area contributed by atoms with Crippen LogP contribution in [0.25, 0.3) is 0 Å². The minimum absolute atomic E-state index is 0.0340. The SMILES string of the molecule is C[C@@]1(C(=O)O)CC(=O)[C@]2(C)CC[C@]3(C)C(=CC[C@@H]4[C@@]5(C)CC[C@H](O[C@@H]6O[C@H](C(=O)O)[C@@H](O)[C@H](O)[C@H]6O[C@@H]6OC[C@@H](O)[C@H](O)[C@H]6O)[C@](C)(CO)[C@@H]5CC[C@]43C)[C@@H]2C1. The highest BCUT2D eigenvalue weighted by atomic mass is 16.8. The molecule has 0 aromatic rings. The summed E-state index contributed by atoms with van der Waals surface area (Å²) in [5.74, 6) is -2.52. The van der Waals surface area contributed by atoms with Crippen molar-refractivity contribution in [1.29, 1.82) is 0 Å². The number of Topliss-reactive ketones (excluding diaryl/α,β-unsaturated/α-hetero) is 1. The quantitative estimate of drug-likeness (QED) is 0.135. The van der Waals surface area contributed by atoms with E-state index in [1.165, 1.54) is 5.57 Å². The summed E-state index contributed by atoms with van der Waals surface area (Å²) in [7, 11) is 0. The Kier molecular flexibility index (Phi) is 10.5. The van der Waals surface area contributed by atoms with Gasteiger partial charge in [0.05, 0.1) is 24.7 Å². The van der Waals surface area contributed by atoms with Gasteiger partial charge in [0.1, 0.15) is 42.4 Å². The zero-order chi connectivity index (χ0) is 41.1. The summed E-state index contributed by atoms with van der Waals surface area (Å²) in [6.45, 7) is 12.0. The van der Waals surface area contributed by atoms with Gasteiger partial charge in [-0.3, -0.25) is 9.59 Å². The fourth-order valence-electron chi connectivity index (χ4n) is 13.2. The van der Waals surface area contributed by atoms with Crippen LogP contribution in [0.5, 0.6) is 0 Å². The number of hydrogen-bond donors (Lipinski definition) is 8. The van der Waals surface area contributed by atoms with Crippen LogP contribution in [0.15, 0.2) is 11.6 Å². The van der Waals surface area contributed by atoms with Crippen LogP contribution in [-0.2, 0) is 33.3 Å². The minimum Gasteiger partial charge on any atom is -0.481 e. The highest BCUT2D eigenvalue weighted by Gasteiger charge is 2.70. The lowest BCUT2D eigenvalue weighted by atomic mass is 9.33. The molecule has 4 saturated carbocycles. The Morgan fingerprint density at radius 2 is 1.54 bits per heavy atom. The fraction of sp³-hybridized carbons (Fsp3) is 0.878. The molecule has 15 heteroatoms. The molecule has 2 heterocycles. The van der Waals surface area contributed by atoms with Gasteiger partial charge in [0.25, 0.3) is 0 Å². The van der Waals surface area contributed by atoms with E-state index in [0.717, 1.165) is 25.7 Å². The molecule has 19 atom stereocenters. The first-order chi connectivity index (χ1) is 26.0. The third-order valence-corrected chi connectivity index (χ3v) is 17.1. The smallest absolute Gasteiger partial charge is 0.335 e. The van der Waals surface area contributed by atoms with Crippen molar-refractivity contribution < 1.29 is 74.2 Å². The highest BCUT2D eigenvalue weighted by Crippen LogP contribution is 2.75. The average molecular weight is 795 g/mol. The van der Waals surface area contributed by atoms with Crippen LogP contribution >= 0.6 is 0 Å². The Morgan fingerprint density at radius 3 is 2.18 bits per heavy atom. The molecular weight excluding hydrogens is 732 g/mol. The van der Waals surface area contributed by atoms with Crippen molar-refractivity contribution >= 4 is 17.7 Å². The van der Waals surface area contributed by atoms with E-state index in [2.05, 4.69) is 26.8 Å². The van der Waals surface area contributed by atoms with Crippen molar-refractivity contribution in [3.05, 3.63) is 11.6 Å². The number of carbonyl (C=O) groups is 3. The summed E-state index contributed by atoms with van der Waals surface area (Å²) >= 11 is 0. The summed E-state index contributed by atoms with van der Waals surface area (Å²) < 4.78 is 23.6. The standard InChI is InChI=1S/C41H62O15/c1-36(35(51)52)15-20-19-7-8-23-38(3)11-10-25(39(4,18-42)22(38)9-12-41(23,6)40(19,5)14-13-37(20,2)24(44)16-36)54-34-31(28(47)27(46)30(55-34)32(49)50)56-33-29(48)26(45)21(43)17-53-33/h7,20-23,25-31,33-34,42-43,45-48H,8-18H2,1-6H3,(H,49,50)(H,51,52)/t20-,21+,22+,23+,25-,26-,27-,28-,29+,30-,31+,33-,34+,36-,37+,38-,39+,40+,41+/m0/s1. The second-order valence-corrected chi connectivity index (χ2v) is 19.9. The number of hydrogen-bond acceptors (Lipinski definition) is 13. The molecule has 2 aliphatic heterocycles. The average Bonchev–Trinajstić information content (AvgIpc) is 3.13. The lowest BCUT2D eigenvalue weighted by molar-refractivity contribution is -0.367. The largest absolute Gasteiger partial charge is 0.481 e. The van der Waals surface area contributed by atoms with Gasteiger partial charge in [-0.25, -0.2) is 4.79 Å². The molecule has 56 heavy (non-hydrogen) atoms. The first kappa shape index (κ1) is 42.1. The molecule has 0 unspecified atom stereocenters. The van der Waals surface area contributed by atoms with Gasteiger partial charge < -0.3 is 59.8 Å². The van der Waals surface area contributed by atoms with E-state index < -0.39 is 96.2 Å². The number of carboxylic acid groups (broad SMARTS) is 2. The lowest BCUT2D eigenvalue weighted by Crippen LogP contribution is -2.67. The number of aliphatic carboxylic acids is 2. The van der Waals surface area contributed by atoms with Crippen molar-refractivity contribution in [3.63, 3.8) is 0 Å². The molecular formula is C41H62O15. The molecule has 5 aliphatic carbocycles. The van der Waals surface area contributed by atoms with E-state index >= 15 is 0 Å². The number of carboxylic acids is 2. The highest BCUT2D eigenvalue weighted by molar-refractivity contribution is 5.92. The maximum Gasteiger partial charge on any atom is 0.335 e. The van der Waals surface area contributed by atoms with Crippen molar-refractivity contribution in [2.24, 2.45) is 50.2 Å². The molecule has 0 aromatic heterocycles. The Morgan fingerprint density at radius 1 is 0.839 bits per heavy atom. The number of ether oxygens (including phenoxy) is 4. The molecule has 316 valence electrons. The first-order valence-corrected chi connectivity index (χ1v) is 20.3. The van der Waals surface area contributed by atoms with Crippen molar-refractivity contribution in [2.45, 2.75) is 161 Å². The fourth-order valence-corrected chi connectivity index (χ4v) is 13.2. The van der Waals surface area contributed by atoms with Gasteiger partial charge in [-0.1, -0.05) is 46.3 Å². The summed E-state index contributed by atoms with van der Waals surface area (Å²) in [5.41, 5.74) is -2.19. The Bertz CT molecular complexity index is 1620. The van der Waals surface area contributed by atoms with E-state index in [1.807, 2.05) is 13.8 Å². The van der Waals surface area contributed by atoms with Crippen LogP contribution in [0.3, 0.4) is 0 Å². The van der Waals surface area contributed by atoms with Gasteiger partial charge in [0, 0.05) is 17.3 Å². The number of rotatable bonds is 7. The maximum absolute atomic E-state index is 13.7. The summed E-state index contributed by atoms with van der Waals surface area (Å²) in [6, 6.07) is 0. The molecule has 2 saturated heterocycles. The zero-order valence-corrected chi connectivity index (χ0v) is 33.3. The molecule has 8 N–H and O–H groups in total. The number of allylic oxidation sites excluding steroid dienone is 2.